The van der Waals surface area contributed by atoms with Gasteiger partial charge in [-0.05, 0) is 81.8 Å². The van der Waals surface area contributed by atoms with Gasteiger partial charge < -0.3 is 10.1 Å². The van der Waals surface area contributed by atoms with Gasteiger partial charge in [0.25, 0.3) is 0 Å². The number of H-pyrrole nitrogens is 1. The minimum atomic E-state index is -0.215. The van der Waals surface area contributed by atoms with E-state index in [1.165, 1.54) is 28.5 Å². The minimum Gasteiger partial charge on any atom is -0.392 e. The maximum atomic E-state index is 11.1. The molecule has 0 unspecified atom stereocenters. The predicted octanol–water partition coefficient (Wildman–Crippen LogP) is 7.35. The van der Waals surface area contributed by atoms with Gasteiger partial charge in [0.1, 0.15) is 0 Å². The van der Waals surface area contributed by atoms with E-state index >= 15 is 0 Å². The molecule has 0 amide bonds. The largest absolute Gasteiger partial charge is 0.392 e. The Kier molecular flexibility index (Phi) is 5.74. The Bertz CT molecular complexity index is 975. The number of para-hydroxylation sites is 1. The molecule has 0 spiro atoms. The molecular formula is C28H39NO. The number of aliphatic hydroxyl groups excluding tert-OH is 1. The quantitative estimate of drug-likeness (QED) is 0.501. The second-order valence-corrected chi connectivity index (χ2v) is 10.6. The average Bonchev–Trinajstić information content (AvgIpc) is 3.10. The SMILES string of the molecule is CC(C)=CCC[C@@]1(C)C2=C(CC[C@@H]1O)[C@](C)(Cc1c[nH]c3ccccc13)[C@@H](C)CC2. The summed E-state index contributed by atoms with van der Waals surface area (Å²) in [6.07, 6.45) is 11.9. The van der Waals surface area contributed by atoms with Crippen LogP contribution in [-0.4, -0.2) is 16.2 Å². The maximum Gasteiger partial charge on any atom is 0.0634 e. The number of allylic oxidation sites excluding steroid dienone is 3. The average molecular weight is 406 g/mol. The highest BCUT2D eigenvalue weighted by Crippen LogP contribution is 2.57. The number of rotatable bonds is 5. The molecule has 0 radical (unpaired) electrons. The normalized spacial score (nSPS) is 31.7. The summed E-state index contributed by atoms with van der Waals surface area (Å²) in [5.41, 5.74) is 7.38. The fraction of sp³-hybridized carbons (Fsp3) is 0.571. The van der Waals surface area contributed by atoms with E-state index in [4.69, 9.17) is 0 Å². The molecule has 2 aliphatic carbocycles. The number of benzene rings is 1. The Hall–Kier alpha value is -1.80. The molecule has 1 aromatic heterocycles. The Balaban J connectivity index is 1.73. The van der Waals surface area contributed by atoms with Gasteiger partial charge in [-0.25, -0.2) is 0 Å². The van der Waals surface area contributed by atoms with Gasteiger partial charge in [0.2, 0.25) is 0 Å². The summed E-state index contributed by atoms with van der Waals surface area (Å²) in [5, 5.41) is 12.5. The molecule has 1 heterocycles. The van der Waals surface area contributed by atoms with Crippen molar-refractivity contribution in [3.8, 4) is 0 Å². The number of fused-ring (bicyclic) bond motifs is 1. The summed E-state index contributed by atoms with van der Waals surface area (Å²) in [5.74, 6) is 0.655. The predicted molar refractivity (Wildman–Crippen MR) is 128 cm³/mol. The monoisotopic (exact) mass is 405 g/mol. The summed E-state index contributed by atoms with van der Waals surface area (Å²) < 4.78 is 0. The van der Waals surface area contributed by atoms with Gasteiger partial charge in [0.15, 0.2) is 0 Å². The first-order chi connectivity index (χ1) is 14.3. The first-order valence-corrected chi connectivity index (χ1v) is 11.8. The highest BCUT2D eigenvalue weighted by molar-refractivity contribution is 5.83. The Morgan fingerprint density at radius 2 is 1.80 bits per heavy atom. The van der Waals surface area contributed by atoms with E-state index in [-0.39, 0.29) is 16.9 Å². The third-order valence-electron chi connectivity index (χ3n) is 8.51. The molecule has 162 valence electrons. The third-order valence-corrected chi connectivity index (χ3v) is 8.51. The van der Waals surface area contributed by atoms with Gasteiger partial charge in [-0.3, -0.25) is 0 Å². The van der Waals surface area contributed by atoms with Crippen LogP contribution in [0.5, 0.6) is 0 Å². The molecule has 1 aromatic carbocycles. The minimum absolute atomic E-state index is 0.0822. The highest BCUT2D eigenvalue weighted by Gasteiger charge is 2.48. The summed E-state index contributed by atoms with van der Waals surface area (Å²) in [6.45, 7) is 11.6. The van der Waals surface area contributed by atoms with Crippen molar-refractivity contribution in [1.29, 1.82) is 0 Å². The molecule has 30 heavy (non-hydrogen) atoms. The van der Waals surface area contributed by atoms with Crippen LogP contribution >= 0.6 is 0 Å². The van der Waals surface area contributed by atoms with Crippen molar-refractivity contribution in [3.05, 3.63) is 58.8 Å². The van der Waals surface area contributed by atoms with Gasteiger partial charge in [0, 0.05) is 22.5 Å². The van der Waals surface area contributed by atoms with E-state index < -0.39 is 0 Å². The number of aromatic amines is 1. The Morgan fingerprint density at radius 1 is 1.10 bits per heavy atom. The lowest BCUT2D eigenvalue weighted by Gasteiger charge is -2.52. The fourth-order valence-corrected chi connectivity index (χ4v) is 6.27. The molecule has 4 rings (SSSR count). The number of hydrogen-bond acceptors (Lipinski definition) is 1. The topological polar surface area (TPSA) is 36.0 Å². The summed E-state index contributed by atoms with van der Waals surface area (Å²) in [6, 6.07) is 8.68. The zero-order valence-corrected chi connectivity index (χ0v) is 19.5. The van der Waals surface area contributed by atoms with Gasteiger partial charge in [0.05, 0.1) is 6.10 Å². The van der Waals surface area contributed by atoms with E-state index in [1.807, 2.05) is 0 Å². The van der Waals surface area contributed by atoms with Crippen molar-refractivity contribution < 1.29 is 5.11 Å². The summed E-state index contributed by atoms with van der Waals surface area (Å²) in [4.78, 5) is 3.48. The smallest absolute Gasteiger partial charge is 0.0634 e. The van der Waals surface area contributed by atoms with Crippen molar-refractivity contribution in [3.63, 3.8) is 0 Å². The molecule has 0 saturated heterocycles. The van der Waals surface area contributed by atoms with Gasteiger partial charge in [-0.1, -0.05) is 61.8 Å². The molecule has 2 heteroatoms. The van der Waals surface area contributed by atoms with E-state index in [0.29, 0.717) is 5.92 Å². The zero-order chi connectivity index (χ0) is 21.5. The first-order valence-electron chi connectivity index (χ1n) is 11.8. The van der Waals surface area contributed by atoms with Crippen molar-refractivity contribution in [2.24, 2.45) is 16.7 Å². The lowest BCUT2D eigenvalue weighted by atomic mass is 9.53. The molecule has 4 atom stereocenters. The third kappa shape index (κ3) is 3.58. The highest BCUT2D eigenvalue weighted by atomic mass is 16.3. The molecule has 2 aliphatic rings. The maximum absolute atomic E-state index is 11.1. The molecule has 2 nitrogen and oxygen atoms in total. The van der Waals surface area contributed by atoms with Crippen LogP contribution in [0.2, 0.25) is 0 Å². The van der Waals surface area contributed by atoms with E-state index in [9.17, 15) is 5.11 Å². The number of aliphatic hydroxyl groups is 1. The van der Waals surface area contributed by atoms with E-state index in [1.54, 1.807) is 11.1 Å². The van der Waals surface area contributed by atoms with Gasteiger partial charge in [-0.2, -0.15) is 0 Å². The van der Waals surface area contributed by atoms with Crippen LogP contribution in [0.4, 0.5) is 0 Å². The summed E-state index contributed by atoms with van der Waals surface area (Å²) in [7, 11) is 0. The van der Waals surface area contributed by atoms with Crippen LogP contribution in [0.25, 0.3) is 10.9 Å². The van der Waals surface area contributed by atoms with Crippen molar-refractivity contribution in [2.45, 2.75) is 85.7 Å². The standard InChI is InChI=1S/C28H39NO/c1-19(2)9-8-16-27(4)23-13-12-20(3)28(5,24(23)14-15-26(27)30)17-21-18-29-25-11-7-6-10-22(21)25/h6-7,9-11,18,20,26,29-30H,8,12-17H2,1-5H3/t20-,26-,27-,28+/m0/s1. The molecule has 2 aromatic rings. The second-order valence-electron chi connectivity index (χ2n) is 10.6. The molecule has 0 bridgehead atoms. The lowest BCUT2D eigenvalue weighted by Crippen LogP contribution is -2.45. The molecular weight excluding hydrogens is 366 g/mol. The Morgan fingerprint density at radius 3 is 2.57 bits per heavy atom. The number of hydrogen-bond donors (Lipinski definition) is 2. The molecule has 0 fully saturated rings. The molecule has 2 N–H and O–H groups in total. The molecule has 0 saturated carbocycles. The van der Waals surface area contributed by atoms with Crippen LogP contribution < -0.4 is 0 Å². The van der Waals surface area contributed by atoms with Crippen LogP contribution in [0, 0.1) is 16.7 Å². The van der Waals surface area contributed by atoms with Crippen LogP contribution in [0.15, 0.2) is 53.3 Å². The first kappa shape index (κ1) is 21.4. The second kappa shape index (κ2) is 8.04. The van der Waals surface area contributed by atoms with Crippen LogP contribution in [0.3, 0.4) is 0 Å². The van der Waals surface area contributed by atoms with Crippen molar-refractivity contribution >= 4 is 10.9 Å². The van der Waals surface area contributed by atoms with E-state index in [0.717, 1.165) is 38.5 Å². The van der Waals surface area contributed by atoms with Crippen LogP contribution in [0.1, 0.15) is 78.7 Å². The number of nitrogens with one attached hydrogen (secondary N) is 1. The van der Waals surface area contributed by atoms with Gasteiger partial charge >= 0.3 is 0 Å². The number of aromatic nitrogens is 1. The zero-order valence-electron chi connectivity index (χ0n) is 19.5. The molecule has 0 aliphatic heterocycles. The lowest BCUT2D eigenvalue weighted by molar-refractivity contribution is 0.0249. The Labute approximate surface area is 182 Å². The van der Waals surface area contributed by atoms with E-state index in [2.05, 4.69) is 76.1 Å². The van der Waals surface area contributed by atoms with Crippen molar-refractivity contribution in [2.75, 3.05) is 0 Å². The van der Waals surface area contributed by atoms with Crippen molar-refractivity contribution in [1.82, 2.24) is 4.98 Å². The van der Waals surface area contributed by atoms with Gasteiger partial charge in [-0.15, -0.1) is 0 Å². The van der Waals surface area contributed by atoms with Crippen LogP contribution in [-0.2, 0) is 6.42 Å². The summed E-state index contributed by atoms with van der Waals surface area (Å²) >= 11 is 0. The fourth-order valence-electron chi connectivity index (χ4n) is 6.27.